The van der Waals surface area contributed by atoms with Crippen LogP contribution in [0.3, 0.4) is 0 Å². The number of halogens is 1. The Morgan fingerprint density at radius 1 is 1.10 bits per heavy atom. The van der Waals surface area contributed by atoms with Gasteiger partial charge in [-0.2, -0.15) is 0 Å². The monoisotopic (exact) mass is 356 g/mol. The molecule has 1 N–H and O–H groups in total. The van der Waals surface area contributed by atoms with E-state index in [4.69, 9.17) is 0 Å². The minimum absolute atomic E-state index is 0.335. The minimum atomic E-state index is -4.03. The predicted molar refractivity (Wildman–Crippen MR) is 78.0 cm³/mol. The van der Waals surface area contributed by atoms with Crippen molar-refractivity contribution in [2.24, 2.45) is 0 Å². The molecule has 2 rings (SSSR count). The standard InChI is InChI=1S/C12H9BrN2O4S/c13-9-6-7-11(15(16)17)12(8-9)20(18,19)14-10-4-2-1-3-5-10/h1-8,14H. The molecule has 0 aliphatic heterocycles. The highest BCUT2D eigenvalue weighted by atomic mass is 79.9. The Hall–Kier alpha value is -1.93. The van der Waals surface area contributed by atoms with Crippen molar-refractivity contribution in [1.29, 1.82) is 0 Å². The minimum Gasteiger partial charge on any atom is -0.279 e. The van der Waals surface area contributed by atoms with Crippen LogP contribution in [0.25, 0.3) is 0 Å². The molecule has 0 fully saturated rings. The fourth-order valence-corrected chi connectivity index (χ4v) is 3.34. The van der Waals surface area contributed by atoms with E-state index in [1.165, 1.54) is 12.1 Å². The van der Waals surface area contributed by atoms with Gasteiger partial charge in [-0.15, -0.1) is 0 Å². The van der Waals surface area contributed by atoms with Crippen molar-refractivity contribution in [3.8, 4) is 0 Å². The van der Waals surface area contributed by atoms with Gasteiger partial charge >= 0.3 is 0 Å². The van der Waals surface area contributed by atoms with E-state index < -0.39 is 20.6 Å². The lowest BCUT2D eigenvalue weighted by atomic mass is 10.3. The largest absolute Gasteiger partial charge is 0.289 e. The van der Waals surface area contributed by atoms with Crippen LogP contribution < -0.4 is 4.72 Å². The Kier molecular flexibility index (Phi) is 4.05. The highest BCUT2D eigenvalue weighted by molar-refractivity contribution is 9.10. The first kappa shape index (κ1) is 14.5. The number of nitro benzene ring substituents is 1. The molecule has 6 nitrogen and oxygen atoms in total. The van der Waals surface area contributed by atoms with Crippen LogP contribution in [0.1, 0.15) is 0 Å². The van der Waals surface area contributed by atoms with Crippen molar-refractivity contribution in [3.05, 3.63) is 63.1 Å². The van der Waals surface area contributed by atoms with Gasteiger partial charge in [0.05, 0.1) is 4.92 Å². The molecule has 0 amide bonds. The first-order valence-corrected chi connectivity index (χ1v) is 7.69. The Balaban J connectivity index is 2.49. The van der Waals surface area contributed by atoms with Crippen molar-refractivity contribution in [1.82, 2.24) is 0 Å². The first-order chi connectivity index (χ1) is 9.40. The van der Waals surface area contributed by atoms with Gasteiger partial charge in [-0.25, -0.2) is 8.42 Å². The molecular formula is C12H9BrN2O4S. The van der Waals surface area contributed by atoms with Crippen molar-refractivity contribution >= 4 is 37.3 Å². The summed E-state index contributed by atoms with van der Waals surface area (Å²) in [7, 11) is -4.03. The molecule has 0 bridgehead atoms. The van der Waals surface area contributed by atoms with Crippen molar-refractivity contribution in [2.75, 3.05) is 4.72 Å². The lowest BCUT2D eigenvalue weighted by molar-refractivity contribution is -0.387. The number of hydrogen-bond acceptors (Lipinski definition) is 4. The predicted octanol–water partition coefficient (Wildman–Crippen LogP) is 3.16. The fourth-order valence-electron chi connectivity index (χ4n) is 1.57. The van der Waals surface area contributed by atoms with Crippen LogP contribution in [0, 0.1) is 10.1 Å². The van der Waals surface area contributed by atoms with Crippen LogP contribution >= 0.6 is 15.9 Å². The fraction of sp³-hybridized carbons (Fsp3) is 0. The number of para-hydroxylation sites is 1. The summed E-state index contributed by atoms with van der Waals surface area (Å²) in [5.41, 5.74) is -0.140. The number of sulfonamides is 1. The van der Waals surface area contributed by atoms with Gasteiger partial charge in [0.2, 0.25) is 0 Å². The Morgan fingerprint density at radius 3 is 2.35 bits per heavy atom. The van der Waals surface area contributed by atoms with E-state index in [0.717, 1.165) is 6.07 Å². The molecular weight excluding hydrogens is 348 g/mol. The number of benzene rings is 2. The molecule has 8 heteroatoms. The molecule has 0 saturated heterocycles. The molecule has 0 radical (unpaired) electrons. The number of nitro groups is 1. The van der Waals surface area contributed by atoms with Gasteiger partial charge in [0, 0.05) is 16.2 Å². The summed E-state index contributed by atoms with van der Waals surface area (Å²) < 4.78 is 27.2. The smallest absolute Gasteiger partial charge is 0.279 e. The van der Waals surface area contributed by atoms with E-state index in [1.54, 1.807) is 30.3 Å². The molecule has 2 aromatic rings. The third-order valence-corrected chi connectivity index (χ3v) is 4.34. The second-order valence-corrected chi connectivity index (χ2v) is 6.41. The zero-order valence-corrected chi connectivity index (χ0v) is 12.4. The maximum absolute atomic E-state index is 12.2. The third-order valence-electron chi connectivity index (χ3n) is 2.43. The van der Waals surface area contributed by atoms with E-state index >= 15 is 0 Å². The number of nitrogens with zero attached hydrogens (tertiary/aromatic N) is 1. The van der Waals surface area contributed by atoms with E-state index in [9.17, 15) is 18.5 Å². The average molecular weight is 357 g/mol. The van der Waals surface area contributed by atoms with E-state index in [1.807, 2.05) is 0 Å². The van der Waals surface area contributed by atoms with Crippen molar-refractivity contribution in [2.45, 2.75) is 4.90 Å². The maximum Gasteiger partial charge on any atom is 0.289 e. The topological polar surface area (TPSA) is 89.3 Å². The zero-order chi connectivity index (χ0) is 14.8. The van der Waals surface area contributed by atoms with Crippen LogP contribution in [-0.2, 0) is 10.0 Å². The molecule has 0 spiro atoms. The summed E-state index contributed by atoms with van der Waals surface area (Å²) in [6.07, 6.45) is 0. The van der Waals surface area contributed by atoms with Gasteiger partial charge in [-0.05, 0) is 24.3 Å². The highest BCUT2D eigenvalue weighted by Crippen LogP contribution is 2.28. The van der Waals surface area contributed by atoms with Crippen LogP contribution in [0.2, 0.25) is 0 Å². The van der Waals surface area contributed by atoms with Crippen LogP contribution in [0.4, 0.5) is 11.4 Å². The quantitative estimate of drug-likeness (QED) is 0.672. The van der Waals surface area contributed by atoms with Gasteiger partial charge in [0.1, 0.15) is 0 Å². The maximum atomic E-state index is 12.2. The molecule has 104 valence electrons. The summed E-state index contributed by atoms with van der Waals surface area (Å²) in [6.45, 7) is 0. The van der Waals surface area contributed by atoms with Gasteiger partial charge < -0.3 is 0 Å². The van der Waals surface area contributed by atoms with Gasteiger partial charge in [0.25, 0.3) is 15.7 Å². The van der Waals surface area contributed by atoms with Gasteiger partial charge in [-0.1, -0.05) is 34.1 Å². The molecule has 0 aliphatic carbocycles. The van der Waals surface area contributed by atoms with Gasteiger partial charge in [-0.3, -0.25) is 14.8 Å². The van der Waals surface area contributed by atoms with Crippen molar-refractivity contribution in [3.63, 3.8) is 0 Å². The summed E-state index contributed by atoms with van der Waals surface area (Å²) in [6, 6.07) is 11.9. The Labute approximate surface area is 123 Å². The third kappa shape index (κ3) is 3.14. The highest BCUT2D eigenvalue weighted by Gasteiger charge is 2.26. The number of rotatable bonds is 4. The molecule has 2 aromatic carbocycles. The second-order valence-electron chi connectivity index (χ2n) is 3.84. The first-order valence-electron chi connectivity index (χ1n) is 5.42. The Morgan fingerprint density at radius 2 is 1.75 bits per heavy atom. The summed E-state index contributed by atoms with van der Waals surface area (Å²) >= 11 is 3.11. The normalized spacial score (nSPS) is 11.1. The molecule has 0 saturated carbocycles. The van der Waals surface area contributed by atoms with Gasteiger partial charge in [0.15, 0.2) is 4.90 Å². The Bertz CT molecular complexity index is 747. The molecule has 20 heavy (non-hydrogen) atoms. The average Bonchev–Trinajstić information content (AvgIpc) is 2.39. The molecule has 0 heterocycles. The molecule has 0 atom stereocenters. The second kappa shape index (κ2) is 5.59. The lowest BCUT2D eigenvalue weighted by Gasteiger charge is -2.08. The summed E-state index contributed by atoms with van der Waals surface area (Å²) in [4.78, 5) is 9.81. The van der Waals surface area contributed by atoms with Crippen LogP contribution in [0.15, 0.2) is 57.9 Å². The summed E-state index contributed by atoms with van der Waals surface area (Å²) in [5.74, 6) is 0. The van der Waals surface area contributed by atoms with Crippen LogP contribution in [-0.4, -0.2) is 13.3 Å². The molecule has 0 unspecified atom stereocenters. The van der Waals surface area contributed by atoms with Crippen LogP contribution in [0.5, 0.6) is 0 Å². The molecule has 0 aliphatic rings. The van der Waals surface area contributed by atoms with E-state index in [-0.39, 0.29) is 4.90 Å². The number of nitrogens with one attached hydrogen (secondary N) is 1. The molecule has 0 aromatic heterocycles. The van der Waals surface area contributed by atoms with E-state index in [0.29, 0.717) is 10.2 Å². The number of hydrogen-bond donors (Lipinski definition) is 1. The SMILES string of the molecule is O=[N+]([O-])c1ccc(Br)cc1S(=O)(=O)Nc1ccccc1. The lowest BCUT2D eigenvalue weighted by Crippen LogP contribution is -2.14. The van der Waals surface area contributed by atoms with E-state index in [2.05, 4.69) is 20.7 Å². The number of anilines is 1. The zero-order valence-electron chi connectivity index (χ0n) is 9.99. The summed E-state index contributed by atoms with van der Waals surface area (Å²) in [5, 5.41) is 10.9. The van der Waals surface area contributed by atoms with Crippen molar-refractivity contribution < 1.29 is 13.3 Å².